The molecule has 0 bridgehead atoms. The van der Waals surface area contributed by atoms with Gasteiger partial charge in [0.2, 0.25) is 0 Å². The third-order valence-electron chi connectivity index (χ3n) is 6.58. The largest absolute Gasteiger partial charge is 0.490 e. The molecule has 0 unspecified atom stereocenters. The van der Waals surface area contributed by atoms with Crippen molar-refractivity contribution >= 4 is 16.9 Å². The zero-order valence-electron chi connectivity index (χ0n) is 21.3. The number of aryl methyl sites for hydroxylation is 1. The molecule has 4 rings (SSSR count). The van der Waals surface area contributed by atoms with Gasteiger partial charge in [-0.05, 0) is 43.4 Å². The molecule has 1 aromatic heterocycles. The molecular formula is C25H25F9N4O3. The number of carboxylic acid groups (broad SMARTS) is 1. The van der Waals surface area contributed by atoms with Gasteiger partial charge >= 0.3 is 24.2 Å². The Morgan fingerprint density at radius 2 is 1.68 bits per heavy atom. The van der Waals surface area contributed by atoms with Gasteiger partial charge in [0.05, 0.1) is 16.7 Å². The van der Waals surface area contributed by atoms with Crippen molar-refractivity contribution in [2.75, 3.05) is 6.61 Å². The highest BCUT2D eigenvalue weighted by molar-refractivity contribution is 5.88. The fourth-order valence-corrected chi connectivity index (χ4v) is 4.31. The highest BCUT2D eigenvalue weighted by Crippen LogP contribution is 2.41. The molecule has 7 nitrogen and oxygen atoms in total. The Morgan fingerprint density at radius 1 is 1.10 bits per heavy atom. The van der Waals surface area contributed by atoms with Crippen LogP contribution >= 0.6 is 0 Å². The van der Waals surface area contributed by atoms with Crippen molar-refractivity contribution in [3.8, 4) is 16.9 Å². The summed E-state index contributed by atoms with van der Waals surface area (Å²) in [5, 5.41) is 12.5. The number of benzene rings is 2. The van der Waals surface area contributed by atoms with Gasteiger partial charge < -0.3 is 21.3 Å². The number of hydrogen-bond acceptors (Lipinski definition) is 5. The van der Waals surface area contributed by atoms with E-state index in [9.17, 15) is 39.5 Å². The Balaban J connectivity index is 0.000000587. The zero-order valence-corrected chi connectivity index (χ0v) is 21.3. The number of fused-ring (bicyclic) bond motifs is 1. The number of nitrogens with zero attached hydrogens (tertiary/aromatic N) is 2. The number of carbonyl (C=O) groups is 1. The van der Waals surface area contributed by atoms with E-state index in [1.807, 2.05) is 0 Å². The molecule has 0 saturated heterocycles. The summed E-state index contributed by atoms with van der Waals surface area (Å²) < 4.78 is 117. The molecule has 1 aliphatic rings. The van der Waals surface area contributed by atoms with Crippen LogP contribution in [0, 0.1) is 5.82 Å². The molecule has 1 heterocycles. The molecule has 1 saturated carbocycles. The van der Waals surface area contributed by atoms with E-state index >= 15 is 0 Å². The fourth-order valence-electron chi connectivity index (χ4n) is 4.31. The summed E-state index contributed by atoms with van der Waals surface area (Å²) in [4.78, 5) is 8.90. The number of hydrogen-bond donors (Lipinski definition) is 3. The highest BCUT2D eigenvalue weighted by atomic mass is 19.4. The monoisotopic (exact) mass is 600 g/mol. The van der Waals surface area contributed by atoms with E-state index in [0.29, 0.717) is 29.6 Å². The molecule has 0 spiro atoms. The molecule has 5 N–H and O–H groups in total. The number of nitrogens with two attached hydrogens (primary N) is 2. The molecule has 2 aromatic carbocycles. The predicted molar refractivity (Wildman–Crippen MR) is 129 cm³/mol. The van der Waals surface area contributed by atoms with Crippen molar-refractivity contribution in [3.05, 3.63) is 47.9 Å². The van der Waals surface area contributed by atoms with Gasteiger partial charge in [0.25, 0.3) is 0 Å². The Morgan fingerprint density at radius 3 is 2.22 bits per heavy atom. The molecule has 16 heteroatoms. The van der Waals surface area contributed by atoms with Crippen molar-refractivity contribution in [2.45, 2.75) is 55.5 Å². The second-order valence-electron chi connectivity index (χ2n) is 9.61. The number of para-hydroxylation sites is 1. The van der Waals surface area contributed by atoms with Crippen molar-refractivity contribution < 1.29 is 54.2 Å². The quantitative estimate of drug-likeness (QED) is 0.327. The molecule has 1 fully saturated rings. The number of ether oxygens (including phenoxy) is 1. The third kappa shape index (κ3) is 7.04. The summed E-state index contributed by atoms with van der Waals surface area (Å²) in [5.74, 6) is -9.64. The van der Waals surface area contributed by atoms with E-state index in [1.54, 1.807) is 29.9 Å². The zero-order chi connectivity index (χ0) is 31.0. The molecule has 3 aromatic rings. The molecular weight excluding hydrogens is 575 g/mol. The summed E-state index contributed by atoms with van der Waals surface area (Å²) in [5.41, 5.74) is 13.8. The van der Waals surface area contributed by atoms with E-state index in [-0.39, 0.29) is 11.6 Å². The minimum Gasteiger partial charge on any atom is -0.483 e. The lowest BCUT2D eigenvalue weighted by atomic mass is 9.77. The van der Waals surface area contributed by atoms with E-state index < -0.39 is 48.0 Å². The fraction of sp³-hybridized carbons (Fsp3) is 0.440. The van der Waals surface area contributed by atoms with Crippen LogP contribution in [0.1, 0.15) is 31.4 Å². The van der Waals surface area contributed by atoms with Crippen molar-refractivity contribution in [2.24, 2.45) is 18.5 Å². The minimum atomic E-state index is -5.82. The van der Waals surface area contributed by atoms with E-state index in [1.165, 1.54) is 12.1 Å². The van der Waals surface area contributed by atoms with Crippen molar-refractivity contribution in [1.82, 2.24) is 9.78 Å². The van der Waals surface area contributed by atoms with Crippen LogP contribution in [0.5, 0.6) is 5.75 Å². The summed E-state index contributed by atoms with van der Waals surface area (Å²) >= 11 is 0. The van der Waals surface area contributed by atoms with Crippen LogP contribution in [0.3, 0.4) is 0 Å². The first-order valence-electron chi connectivity index (χ1n) is 11.9. The first-order valence-corrected chi connectivity index (χ1v) is 11.9. The number of aliphatic carboxylic acids is 1. The van der Waals surface area contributed by atoms with Gasteiger partial charge in [0, 0.05) is 24.0 Å². The Hall–Kier alpha value is -3.53. The third-order valence-corrected chi connectivity index (χ3v) is 6.58. The topological polar surface area (TPSA) is 116 Å². The van der Waals surface area contributed by atoms with Crippen molar-refractivity contribution in [1.29, 1.82) is 0 Å². The summed E-state index contributed by atoms with van der Waals surface area (Å²) in [6.45, 7) is -2.04. The molecule has 41 heavy (non-hydrogen) atoms. The molecule has 0 aliphatic heterocycles. The van der Waals surface area contributed by atoms with Crippen LogP contribution in [-0.4, -0.2) is 51.8 Å². The summed E-state index contributed by atoms with van der Waals surface area (Å²) in [6.07, 6.45) is -8.04. The van der Waals surface area contributed by atoms with E-state index in [0.717, 1.165) is 24.3 Å². The van der Waals surface area contributed by atoms with Crippen molar-refractivity contribution in [3.63, 3.8) is 0 Å². The van der Waals surface area contributed by atoms with E-state index in [4.69, 9.17) is 21.4 Å². The van der Waals surface area contributed by atoms with Crippen LogP contribution in [0.2, 0.25) is 0 Å². The van der Waals surface area contributed by atoms with E-state index in [2.05, 4.69) is 9.84 Å². The smallest absolute Gasteiger partial charge is 0.483 e. The number of alkyl halides is 8. The highest BCUT2D eigenvalue weighted by Gasteiger charge is 2.58. The maximum Gasteiger partial charge on any atom is 0.490 e. The average molecular weight is 600 g/mol. The maximum absolute atomic E-state index is 14.4. The minimum absolute atomic E-state index is 0.0359. The van der Waals surface area contributed by atoms with Gasteiger partial charge in [-0.3, -0.25) is 4.68 Å². The van der Waals surface area contributed by atoms with Crippen LogP contribution in [0.15, 0.2) is 36.4 Å². The lowest BCUT2D eigenvalue weighted by Gasteiger charge is -2.34. The maximum atomic E-state index is 14.4. The molecule has 0 atom stereocenters. The van der Waals surface area contributed by atoms with Gasteiger partial charge in [0.15, 0.2) is 18.2 Å². The number of rotatable bonds is 5. The van der Waals surface area contributed by atoms with Gasteiger partial charge in [-0.2, -0.15) is 40.2 Å². The first kappa shape index (κ1) is 32.0. The lowest BCUT2D eigenvalue weighted by molar-refractivity contribution is -0.290. The van der Waals surface area contributed by atoms with Crippen LogP contribution in [0.4, 0.5) is 39.5 Å². The second-order valence-corrected chi connectivity index (χ2v) is 9.61. The second kappa shape index (κ2) is 11.4. The average Bonchev–Trinajstić information content (AvgIpc) is 3.21. The standard InChI is InChI=1S/C23H24F6N4O.C2HF3O2/c1-33-18-11-13(5-6-16(18)20(32-33)21(31)9-7-14(30)8-10-21)15-3-2-4-17(24)19(15)34-12-22(25,26)23(27,28)29;3-2(4,5)1(6)7/h2-6,11,14H,7-10,12,30-31H2,1H3;(H,6,7). The summed E-state index contributed by atoms with van der Waals surface area (Å²) in [7, 11) is 1.71. The molecule has 1 aliphatic carbocycles. The SMILES string of the molecule is Cn1nc(C2(N)CCC(N)CC2)c2ccc(-c3cccc(F)c3OCC(F)(F)C(F)(F)F)cc21.O=C(O)C(F)(F)F. The van der Waals surface area contributed by atoms with Crippen LogP contribution < -0.4 is 16.2 Å². The number of aromatic nitrogens is 2. The first-order chi connectivity index (χ1) is 18.8. The number of carboxylic acids is 1. The summed E-state index contributed by atoms with van der Waals surface area (Å²) in [6, 6.07) is 8.71. The van der Waals surface area contributed by atoms with Gasteiger partial charge in [-0.15, -0.1) is 0 Å². The molecule has 0 amide bonds. The molecule has 0 radical (unpaired) electrons. The Labute approximate surface area is 226 Å². The van der Waals surface area contributed by atoms with Gasteiger partial charge in [-0.25, -0.2) is 9.18 Å². The predicted octanol–water partition coefficient (Wildman–Crippen LogP) is 5.64. The van der Waals surface area contributed by atoms with Crippen LogP contribution in [-0.2, 0) is 17.4 Å². The van der Waals surface area contributed by atoms with Gasteiger partial charge in [0.1, 0.15) is 0 Å². The number of halogens is 9. The normalized spacial score (nSPS) is 20.0. The molecule has 226 valence electrons. The van der Waals surface area contributed by atoms with Crippen LogP contribution in [0.25, 0.3) is 22.0 Å². The Kier molecular flexibility index (Phi) is 8.89. The van der Waals surface area contributed by atoms with Gasteiger partial charge in [-0.1, -0.05) is 24.3 Å². The lowest BCUT2D eigenvalue weighted by Crippen LogP contribution is -2.44. The Bertz CT molecular complexity index is 1400.